The van der Waals surface area contributed by atoms with Crippen molar-refractivity contribution < 1.29 is 22.5 Å². The van der Waals surface area contributed by atoms with Gasteiger partial charge in [0.15, 0.2) is 0 Å². The van der Waals surface area contributed by atoms with Crippen LogP contribution in [0.1, 0.15) is 34.6 Å². The molecule has 3 nitrogen and oxygen atoms in total. The number of alkyl halides is 3. The second-order valence-corrected chi connectivity index (χ2v) is 6.58. The summed E-state index contributed by atoms with van der Waals surface area (Å²) in [4.78, 5) is 0. The summed E-state index contributed by atoms with van der Waals surface area (Å²) in [5.41, 5.74) is -0.149. The lowest BCUT2D eigenvalue weighted by Crippen LogP contribution is -2.41. The van der Waals surface area contributed by atoms with Crippen LogP contribution in [0.25, 0.3) is 0 Å². The first-order chi connectivity index (χ1) is 9.94. The summed E-state index contributed by atoms with van der Waals surface area (Å²) >= 11 is 0. The van der Waals surface area contributed by atoms with Gasteiger partial charge in [-0.2, -0.15) is 13.2 Å². The van der Waals surface area contributed by atoms with Crippen LogP contribution >= 0.6 is 0 Å². The molecule has 0 spiro atoms. The zero-order valence-electron chi connectivity index (χ0n) is 13.4. The molecule has 1 aromatic carbocycles. The van der Waals surface area contributed by atoms with Crippen LogP contribution in [0, 0.1) is 0 Å². The third kappa shape index (κ3) is 3.25. The molecular formula is C15H21BF3NO2. The van der Waals surface area contributed by atoms with Gasteiger partial charge in [-0.05, 0) is 40.7 Å². The SMILES string of the molecule is CC(Nc1ccccc1B1OC(C)(C)C(C)(C)O1)C(F)(F)F. The van der Waals surface area contributed by atoms with Crippen LogP contribution in [-0.4, -0.2) is 30.5 Å². The first-order valence-corrected chi connectivity index (χ1v) is 7.22. The van der Waals surface area contributed by atoms with Gasteiger partial charge in [0.05, 0.1) is 11.2 Å². The average Bonchev–Trinajstić information content (AvgIpc) is 2.57. The summed E-state index contributed by atoms with van der Waals surface area (Å²) in [7, 11) is -0.700. The predicted octanol–water partition coefficient (Wildman–Crippen LogP) is 3.35. The molecule has 0 aromatic heterocycles. The summed E-state index contributed by atoms with van der Waals surface area (Å²) in [6, 6.07) is 5.09. The van der Waals surface area contributed by atoms with Crippen molar-refractivity contribution in [1.29, 1.82) is 0 Å². The molecule has 1 heterocycles. The Morgan fingerprint density at radius 1 is 1.05 bits per heavy atom. The van der Waals surface area contributed by atoms with E-state index < -0.39 is 30.5 Å². The summed E-state index contributed by atoms with van der Waals surface area (Å²) in [5.74, 6) is 0. The maximum atomic E-state index is 12.8. The molecule has 1 atom stereocenters. The van der Waals surface area contributed by atoms with Gasteiger partial charge in [0.25, 0.3) is 0 Å². The summed E-state index contributed by atoms with van der Waals surface area (Å²) in [6.45, 7) is 8.70. The minimum atomic E-state index is -4.32. The molecule has 1 saturated heterocycles. The van der Waals surface area contributed by atoms with Crippen LogP contribution in [0.2, 0.25) is 0 Å². The topological polar surface area (TPSA) is 30.5 Å². The van der Waals surface area contributed by atoms with Crippen molar-refractivity contribution in [2.45, 2.75) is 58.0 Å². The highest BCUT2D eigenvalue weighted by Crippen LogP contribution is 2.37. The van der Waals surface area contributed by atoms with E-state index in [1.807, 2.05) is 27.7 Å². The molecule has 1 fully saturated rings. The van der Waals surface area contributed by atoms with E-state index in [1.54, 1.807) is 24.3 Å². The minimum absolute atomic E-state index is 0.367. The average molecular weight is 315 g/mol. The van der Waals surface area contributed by atoms with E-state index in [9.17, 15) is 13.2 Å². The molecule has 22 heavy (non-hydrogen) atoms. The highest BCUT2D eigenvalue weighted by molar-refractivity contribution is 6.63. The predicted molar refractivity (Wildman–Crippen MR) is 81.3 cm³/mol. The summed E-state index contributed by atoms with van der Waals surface area (Å²) in [5, 5.41) is 2.50. The zero-order chi connectivity index (χ0) is 16.8. The van der Waals surface area contributed by atoms with Crippen molar-refractivity contribution in [3.05, 3.63) is 24.3 Å². The zero-order valence-corrected chi connectivity index (χ0v) is 13.4. The molecule has 1 unspecified atom stereocenters. The van der Waals surface area contributed by atoms with Crippen LogP contribution < -0.4 is 10.8 Å². The van der Waals surface area contributed by atoms with Crippen LogP contribution in [-0.2, 0) is 9.31 Å². The van der Waals surface area contributed by atoms with Crippen molar-refractivity contribution in [2.75, 3.05) is 5.32 Å². The fourth-order valence-electron chi connectivity index (χ4n) is 2.12. The van der Waals surface area contributed by atoms with Crippen molar-refractivity contribution in [3.8, 4) is 0 Å². The molecule has 1 N–H and O–H groups in total. The number of para-hydroxylation sites is 1. The van der Waals surface area contributed by atoms with E-state index in [4.69, 9.17) is 9.31 Å². The van der Waals surface area contributed by atoms with E-state index >= 15 is 0 Å². The maximum absolute atomic E-state index is 12.8. The lowest BCUT2D eigenvalue weighted by molar-refractivity contribution is -0.138. The molecule has 1 aliphatic rings. The Morgan fingerprint density at radius 3 is 2.05 bits per heavy atom. The first-order valence-electron chi connectivity index (χ1n) is 7.22. The highest BCUT2D eigenvalue weighted by Gasteiger charge is 2.52. The number of benzene rings is 1. The van der Waals surface area contributed by atoms with Crippen molar-refractivity contribution in [1.82, 2.24) is 0 Å². The Balaban J connectivity index is 2.27. The number of anilines is 1. The third-order valence-electron chi connectivity index (χ3n) is 4.33. The highest BCUT2D eigenvalue weighted by atomic mass is 19.4. The number of rotatable bonds is 3. The van der Waals surface area contributed by atoms with E-state index in [1.165, 1.54) is 0 Å². The molecule has 0 bridgehead atoms. The van der Waals surface area contributed by atoms with Gasteiger partial charge in [0.2, 0.25) is 0 Å². The Morgan fingerprint density at radius 2 is 1.55 bits per heavy atom. The summed E-state index contributed by atoms with van der Waals surface area (Å²) in [6.07, 6.45) is -4.32. The third-order valence-corrected chi connectivity index (χ3v) is 4.33. The maximum Gasteiger partial charge on any atom is 0.496 e. The van der Waals surface area contributed by atoms with E-state index in [-0.39, 0.29) is 0 Å². The Hall–Kier alpha value is -1.21. The van der Waals surface area contributed by atoms with Gasteiger partial charge in [-0.1, -0.05) is 18.2 Å². The molecule has 0 saturated carbocycles. The number of nitrogens with one attached hydrogen (secondary N) is 1. The summed E-state index contributed by atoms with van der Waals surface area (Å²) < 4.78 is 50.1. The van der Waals surface area contributed by atoms with Crippen molar-refractivity contribution in [2.24, 2.45) is 0 Å². The van der Waals surface area contributed by atoms with Gasteiger partial charge in [0, 0.05) is 11.2 Å². The molecule has 0 radical (unpaired) electrons. The molecule has 0 amide bonds. The monoisotopic (exact) mass is 315 g/mol. The van der Waals surface area contributed by atoms with E-state index in [0.717, 1.165) is 6.92 Å². The number of hydrogen-bond donors (Lipinski definition) is 1. The molecule has 1 aliphatic heterocycles. The largest absolute Gasteiger partial charge is 0.496 e. The van der Waals surface area contributed by atoms with Gasteiger partial charge in [-0.3, -0.25) is 0 Å². The molecular weight excluding hydrogens is 294 g/mol. The van der Waals surface area contributed by atoms with Gasteiger partial charge in [0.1, 0.15) is 6.04 Å². The smallest absolute Gasteiger partial charge is 0.399 e. The quantitative estimate of drug-likeness (QED) is 0.868. The van der Waals surface area contributed by atoms with Gasteiger partial charge in [-0.25, -0.2) is 0 Å². The molecule has 122 valence electrons. The standard InChI is InChI=1S/C15H21BF3NO2/c1-10(15(17,18)19)20-12-9-7-6-8-11(12)16-21-13(2,3)14(4,5)22-16/h6-10,20H,1-5H3. The normalized spacial score (nSPS) is 21.7. The van der Waals surface area contributed by atoms with E-state index in [0.29, 0.717) is 11.2 Å². The lowest BCUT2D eigenvalue weighted by Gasteiger charge is -2.32. The fraction of sp³-hybridized carbons (Fsp3) is 0.600. The molecule has 0 aliphatic carbocycles. The Bertz CT molecular complexity index is 530. The molecule has 2 rings (SSSR count). The van der Waals surface area contributed by atoms with Crippen molar-refractivity contribution in [3.63, 3.8) is 0 Å². The van der Waals surface area contributed by atoms with Crippen LogP contribution in [0.4, 0.5) is 18.9 Å². The van der Waals surface area contributed by atoms with Gasteiger partial charge < -0.3 is 14.6 Å². The van der Waals surface area contributed by atoms with Crippen molar-refractivity contribution >= 4 is 18.3 Å². The lowest BCUT2D eigenvalue weighted by atomic mass is 9.77. The second kappa shape index (κ2) is 5.46. The van der Waals surface area contributed by atoms with Crippen LogP contribution in [0.5, 0.6) is 0 Å². The molecule has 1 aromatic rings. The minimum Gasteiger partial charge on any atom is -0.399 e. The van der Waals surface area contributed by atoms with E-state index in [2.05, 4.69) is 5.32 Å². The first kappa shape index (κ1) is 17.2. The number of halogens is 3. The Kier molecular flexibility index (Phi) is 4.26. The van der Waals surface area contributed by atoms with Gasteiger partial charge >= 0.3 is 13.3 Å². The second-order valence-electron chi connectivity index (χ2n) is 6.58. The fourth-order valence-corrected chi connectivity index (χ4v) is 2.12. The number of hydrogen-bond acceptors (Lipinski definition) is 3. The van der Waals surface area contributed by atoms with Crippen LogP contribution in [0.15, 0.2) is 24.3 Å². The van der Waals surface area contributed by atoms with Crippen LogP contribution in [0.3, 0.4) is 0 Å². The molecule has 7 heteroatoms. The van der Waals surface area contributed by atoms with Gasteiger partial charge in [-0.15, -0.1) is 0 Å². The Labute approximate surface area is 129 Å².